The molecule has 0 amide bonds. The van der Waals surface area contributed by atoms with Gasteiger partial charge in [0.15, 0.2) is 0 Å². The zero-order chi connectivity index (χ0) is 13.3. The normalized spacial score (nSPS) is 12.3. The van der Waals surface area contributed by atoms with Crippen LogP contribution in [0.15, 0.2) is 18.2 Å². The average molecular weight is 246 g/mol. The minimum atomic E-state index is -0.0327. The lowest BCUT2D eigenvalue weighted by molar-refractivity contribution is 0.397. The molecule has 18 heavy (non-hydrogen) atoms. The summed E-state index contributed by atoms with van der Waals surface area (Å²) in [6, 6.07) is 6.41. The van der Waals surface area contributed by atoms with Gasteiger partial charge < -0.3 is 15.6 Å². The Morgan fingerprint density at radius 1 is 1.39 bits per heavy atom. The smallest absolute Gasteiger partial charge is 0.106 e. The summed E-state index contributed by atoms with van der Waals surface area (Å²) in [4.78, 5) is 4.55. The lowest BCUT2D eigenvalue weighted by Gasteiger charge is -2.24. The standard InChI is InChI=1S/C14H22N4/c1-10-17-12-7-11(5-6-13(12)18(10)4)8-16-14(2,3)9-15/h5-7,16H,8-9,15H2,1-4H3. The molecule has 4 heteroatoms. The van der Waals surface area contributed by atoms with E-state index >= 15 is 0 Å². The molecule has 0 aliphatic rings. The highest BCUT2D eigenvalue weighted by atomic mass is 15.0. The summed E-state index contributed by atoms with van der Waals surface area (Å²) >= 11 is 0. The van der Waals surface area contributed by atoms with Crippen molar-refractivity contribution in [2.75, 3.05) is 6.54 Å². The van der Waals surface area contributed by atoms with Gasteiger partial charge in [0.1, 0.15) is 5.82 Å². The summed E-state index contributed by atoms with van der Waals surface area (Å²) in [7, 11) is 2.04. The molecule has 1 aromatic carbocycles. The van der Waals surface area contributed by atoms with Gasteiger partial charge >= 0.3 is 0 Å². The van der Waals surface area contributed by atoms with Crippen LogP contribution in [0.2, 0.25) is 0 Å². The molecule has 0 radical (unpaired) electrons. The zero-order valence-electron chi connectivity index (χ0n) is 11.6. The van der Waals surface area contributed by atoms with Crippen molar-refractivity contribution in [3.05, 3.63) is 29.6 Å². The summed E-state index contributed by atoms with van der Waals surface area (Å²) < 4.78 is 2.11. The maximum atomic E-state index is 5.71. The highest BCUT2D eigenvalue weighted by Crippen LogP contribution is 2.16. The second kappa shape index (κ2) is 4.71. The van der Waals surface area contributed by atoms with Crippen molar-refractivity contribution in [2.45, 2.75) is 32.9 Å². The van der Waals surface area contributed by atoms with Gasteiger partial charge in [-0.05, 0) is 38.5 Å². The van der Waals surface area contributed by atoms with Crippen LogP contribution in [-0.4, -0.2) is 21.6 Å². The highest BCUT2D eigenvalue weighted by molar-refractivity contribution is 5.76. The van der Waals surface area contributed by atoms with E-state index in [0.29, 0.717) is 6.54 Å². The van der Waals surface area contributed by atoms with Crippen molar-refractivity contribution < 1.29 is 0 Å². The van der Waals surface area contributed by atoms with Crippen LogP contribution in [0.3, 0.4) is 0 Å². The van der Waals surface area contributed by atoms with Crippen LogP contribution < -0.4 is 11.1 Å². The molecule has 0 atom stereocenters. The van der Waals surface area contributed by atoms with E-state index in [9.17, 15) is 0 Å². The van der Waals surface area contributed by atoms with Crippen LogP contribution in [0.4, 0.5) is 0 Å². The number of aryl methyl sites for hydroxylation is 2. The first-order valence-corrected chi connectivity index (χ1v) is 6.30. The minimum Gasteiger partial charge on any atom is -0.331 e. The average Bonchev–Trinajstić information content (AvgIpc) is 2.62. The van der Waals surface area contributed by atoms with Gasteiger partial charge in [0.2, 0.25) is 0 Å². The number of aromatic nitrogens is 2. The Morgan fingerprint density at radius 2 is 2.11 bits per heavy atom. The fraction of sp³-hybridized carbons (Fsp3) is 0.500. The molecule has 98 valence electrons. The first-order chi connectivity index (χ1) is 8.43. The second-order valence-corrected chi connectivity index (χ2v) is 5.48. The number of rotatable bonds is 4. The Kier molecular flexibility index (Phi) is 3.41. The van der Waals surface area contributed by atoms with Crippen molar-refractivity contribution in [3.8, 4) is 0 Å². The van der Waals surface area contributed by atoms with E-state index in [-0.39, 0.29) is 5.54 Å². The van der Waals surface area contributed by atoms with E-state index in [1.165, 1.54) is 11.1 Å². The van der Waals surface area contributed by atoms with Crippen LogP contribution in [0.25, 0.3) is 11.0 Å². The van der Waals surface area contributed by atoms with Gasteiger partial charge in [-0.25, -0.2) is 4.98 Å². The number of benzene rings is 1. The lowest BCUT2D eigenvalue weighted by Crippen LogP contribution is -2.45. The van der Waals surface area contributed by atoms with E-state index in [4.69, 9.17) is 5.73 Å². The Morgan fingerprint density at radius 3 is 2.78 bits per heavy atom. The predicted octanol–water partition coefficient (Wildman–Crippen LogP) is 1.71. The molecule has 2 aromatic rings. The number of imidazole rings is 1. The van der Waals surface area contributed by atoms with Crippen molar-refractivity contribution in [1.29, 1.82) is 0 Å². The van der Waals surface area contributed by atoms with E-state index in [1.807, 2.05) is 14.0 Å². The highest BCUT2D eigenvalue weighted by Gasteiger charge is 2.14. The number of hydrogen-bond donors (Lipinski definition) is 2. The number of nitrogens with one attached hydrogen (secondary N) is 1. The first kappa shape index (κ1) is 13.1. The third-order valence-corrected chi connectivity index (χ3v) is 3.45. The third-order valence-electron chi connectivity index (χ3n) is 3.45. The molecule has 0 aliphatic heterocycles. The quantitative estimate of drug-likeness (QED) is 0.863. The maximum absolute atomic E-state index is 5.71. The topological polar surface area (TPSA) is 55.9 Å². The number of nitrogens with zero attached hydrogens (tertiary/aromatic N) is 2. The summed E-state index contributed by atoms with van der Waals surface area (Å²) in [5.41, 5.74) is 9.14. The molecule has 3 N–H and O–H groups in total. The second-order valence-electron chi connectivity index (χ2n) is 5.48. The van der Waals surface area contributed by atoms with Gasteiger partial charge in [0, 0.05) is 25.7 Å². The molecule has 0 spiro atoms. The molecule has 0 fully saturated rings. The Bertz CT molecular complexity index is 554. The molecule has 2 rings (SSSR count). The summed E-state index contributed by atoms with van der Waals surface area (Å²) in [5, 5.41) is 3.45. The largest absolute Gasteiger partial charge is 0.331 e. The fourth-order valence-electron chi connectivity index (χ4n) is 1.89. The predicted molar refractivity (Wildman–Crippen MR) is 75.4 cm³/mol. The summed E-state index contributed by atoms with van der Waals surface area (Å²) in [5.74, 6) is 1.04. The molecule has 0 bridgehead atoms. The van der Waals surface area contributed by atoms with Gasteiger partial charge in [-0.2, -0.15) is 0 Å². The van der Waals surface area contributed by atoms with E-state index < -0.39 is 0 Å². The van der Waals surface area contributed by atoms with E-state index in [2.05, 4.69) is 46.9 Å². The molecule has 0 unspecified atom stereocenters. The van der Waals surface area contributed by atoms with Gasteiger partial charge in [-0.3, -0.25) is 0 Å². The van der Waals surface area contributed by atoms with Crippen molar-refractivity contribution in [2.24, 2.45) is 12.8 Å². The molecule has 1 heterocycles. The summed E-state index contributed by atoms with van der Waals surface area (Å²) in [6.45, 7) is 7.68. The van der Waals surface area contributed by atoms with Gasteiger partial charge in [-0.1, -0.05) is 6.07 Å². The molecule has 0 aliphatic carbocycles. The Balaban J connectivity index is 2.20. The molecule has 4 nitrogen and oxygen atoms in total. The van der Waals surface area contributed by atoms with Crippen LogP contribution in [0, 0.1) is 6.92 Å². The fourth-order valence-corrected chi connectivity index (χ4v) is 1.89. The van der Waals surface area contributed by atoms with Crippen molar-refractivity contribution >= 4 is 11.0 Å². The van der Waals surface area contributed by atoms with Crippen molar-refractivity contribution in [3.63, 3.8) is 0 Å². The number of fused-ring (bicyclic) bond motifs is 1. The molecule has 0 saturated heterocycles. The minimum absolute atomic E-state index is 0.0327. The van der Waals surface area contributed by atoms with Gasteiger partial charge in [-0.15, -0.1) is 0 Å². The summed E-state index contributed by atoms with van der Waals surface area (Å²) in [6.07, 6.45) is 0. The molecular formula is C14H22N4. The zero-order valence-corrected chi connectivity index (χ0v) is 11.6. The number of hydrogen-bond acceptors (Lipinski definition) is 3. The molecule has 1 aromatic heterocycles. The van der Waals surface area contributed by atoms with E-state index in [0.717, 1.165) is 17.9 Å². The van der Waals surface area contributed by atoms with Crippen molar-refractivity contribution in [1.82, 2.24) is 14.9 Å². The third kappa shape index (κ3) is 2.54. The maximum Gasteiger partial charge on any atom is 0.106 e. The number of nitrogens with two attached hydrogens (primary N) is 1. The lowest BCUT2D eigenvalue weighted by atomic mass is 10.1. The van der Waals surface area contributed by atoms with Gasteiger partial charge in [0.05, 0.1) is 11.0 Å². The van der Waals surface area contributed by atoms with Crippen LogP contribution >= 0.6 is 0 Å². The Hall–Kier alpha value is -1.39. The van der Waals surface area contributed by atoms with E-state index in [1.54, 1.807) is 0 Å². The molecular weight excluding hydrogens is 224 g/mol. The monoisotopic (exact) mass is 246 g/mol. The van der Waals surface area contributed by atoms with Crippen LogP contribution in [0.5, 0.6) is 0 Å². The SMILES string of the molecule is Cc1nc2cc(CNC(C)(C)CN)ccc2n1C. The molecule has 0 saturated carbocycles. The first-order valence-electron chi connectivity index (χ1n) is 6.30. The van der Waals surface area contributed by atoms with Crippen LogP contribution in [-0.2, 0) is 13.6 Å². The van der Waals surface area contributed by atoms with Gasteiger partial charge in [0.25, 0.3) is 0 Å². The Labute approximate surface area is 108 Å². The van der Waals surface area contributed by atoms with Crippen LogP contribution in [0.1, 0.15) is 25.2 Å².